The molecular formula is C16H27N3. The van der Waals surface area contributed by atoms with E-state index in [0.29, 0.717) is 12.1 Å². The molecule has 2 rings (SSSR count). The molecule has 2 N–H and O–H groups in total. The normalized spacial score (nSPS) is 26.3. The lowest BCUT2D eigenvalue weighted by atomic mass is 10.1. The first kappa shape index (κ1) is 14.5. The standard InChI is InChI=1S/C16H27N3/c1-14-9-11-19(12-15-6-4-3-5-7-15)16(8-10-17)13-18(14)2/h3-7,14,16H,8-13,17H2,1-2H3. The number of likely N-dealkylation sites (N-methyl/N-ethyl adjacent to an activating group) is 1. The molecule has 0 amide bonds. The number of benzene rings is 1. The van der Waals surface area contributed by atoms with Gasteiger partial charge in [-0.25, -0.2) is 0 Å². The van der Waals surface area contributed by atoms with Gasteiger partial charge in [-0.05, 0) is 38.9 Å². The summed E-state index contributed by atoms with van der Waals surface area (Å²) in [6.07, 6.45) is 2.33. The predicted octanol–water partition coefficient (Wildman–Crippen LogP) is 1.93. The molecule has 0 spiro atoms. The highest BCUT2D eigenvalue weighted by atomic mass is 15.2. The highest BCUT2D eigenvalue weighted by molar-refractivity contribution is 5.14. The number of rotatable bonds is 4. The zero-order valence-electron chi connectivity index (χ0n) is 12.3. The molecule has 3 heteroatoms. The molecule has 0 bridgehead atoms. The summed E-state index contributed by atoms with van der Waals surface area (Å²) in [5, 5.41) is 0. The average molecular weight is 261 g/mol. The minimum atomic E-state index is 0.583. The molecule has 0 aliphatic carbocycles. The van der Waals surface area contributed by atoms with Crippen LogP contribution in [0.25, 0.3) is 0 Å². The fraction of sp³-hybridized carbons (Fsp3) is 0.625. The monoisotopic (exact) mass is 261 g/mol. The Kier molecular flexibility index (Phi) is 5.37. The number of hydrogen-bond acceptors (Lipinski definition) is 3. The minimum Gasteiger partial charge on any atom is -0.330 e. The average Bonchev–Trinajstić information content (AvgIpc) is 2.54. The minimum absolute atomic E-state index is 0.583. The summed E-state index contributed by atoms with van der Waals surface area (Å²) in [5.41, 5.74) is 7.21. The smallest absolute Gasteiger partial charge is 0.0238 e. The molecule has 1 fully saturated rings. The molecule has 3 nitrogen and oxygen atoms in total. The first-order valence-electron chi connectivity index (χ1n) is 7.39. The van der Waals surface area contributed by atoms with Gasteiger partial charge in [0, 0.05) is 31.7 Å². The van der Waals surface area contributed by atoms with E-state index in [4.69, 9.17) is 5.73 Å². The van der Waals surface area contributed by atoms with Crippen molar-refractivity contribution in [2.24, 2.45) is 5.73 Å². The van der Waals surface area contributed by atoms with E-state index in [2.05, 4.69) is 54.1 Å². The maximum absolute atomic E-state index is 5.80. The van der Waals surface area contributed by atoms with E-state index >= 15 is 0 Å². The zero-order valence-corrected chi connectivity index (χ0v) is 12.3. The van der Waals surface area contributed by atoms with Gasteiger partial charge in [0.2, 0.25) is 0 Å². The van der Waals surface area contributed by atoms with Crippen LogP contribution in [0, 0.1) is 0 Å². The maximum Gasteiger partial charge on any atom is 0.0238 e. The van der Waals surface area contributed by atoms with Crippen LogP contribution in [0.15, 0.2) is 30.3 Å². The van der Waals surface area contributed by atoms with Gasteiger partial charge in [0.15, 0.2) is 0 Å². The maximum atomic E-state index is 5.80. The fourth-order valence-corrected chi connectivity index (χ4v) is 2.88. The van der Waals surface area contributed by atoms with Crippen LogP contribution in [0.2, 0.25) is 0 Å². The van der Waals surface area contributed by atoms with Crippen molar-refractivity contribution >= 4 is 0 Å². The second-order valence-corrected chi connectivity index (χ2v) is 5.76. The number of hydrogen-bond donors (Lipinski definition) is 1. The summed E-state index contributed by atoms with van der Waals surface area (Å²) < 4.78 is 0. The molecule has 1 aromatic rings. The van der Waals surface area contributed by atoms with E-state index in [0.717, 1.165) is 26.1 Å². The van der Waals surface area contributed by atoms with Crippen LogP contribution in [0.5, 0.6) is 0 Å². The van der Waals surface area contributed by atoms with Crippen molar-refractivity contribution in [1.82, 2.24) is 9.80 Å². The van der Waals surface area contributed by atoms with E-state index in [-0.39, 0.29) is 0 Å². The van der Waals surface area contributed by atoms with Gasteiger partial charge in [-0.1, -0.05) is 30.3 Å². The molecule has 0 radical (unpaired) electrons. The summed E-state index contributed by atoms with van der Waals surface area (Å²) >= 11 is 0. The van der Waals surface area contributed by atoms with Crippen LogP contribution in [0.3, 0.4) is 0 Å². The Morgan fingerprint density at radius 1 is 1.26 bits per heavy atom. The first-order valence-corrected chi connectivity index (χ1v) is 7.39. The first-order chi connectivity index (χ1) is 9.20. The third kappa shape index (κ3) is 4.03. The van der Waals surface area contributed by atoms with Crippen molar-refractivity contribution in [3.05, 3.63) is 35.9 Å². The summed E-state index contributed by atoms with van der Waals surface area (Å²) in [5.74, 6) is 0. The lowest BCUT2D eigenvalue weighted by Gasteiger charge is -2.31. The van der Waals surface area contributed by atoms with E-state index in [9.17, 15) is 0 Å². The van der Waals surface area contributed by atoms with Gasteiger partial charge in [0.05, 0.1) is 0 Å². The van der Waals surface area contributed by atoms with Crippen LogP contribution < -0.4 is 5.73 Å². The van der Waals surface area contributed by atoms with Crippen molar-refractivity contribution in [2.75, 3.05) is 26.7 Å². The largest absolute Gasteiger partial charge is 0.330 e. The Bertz CT molecular complexity index is 366. The second kappa shape index (κ2) is 7.04. The lowest BCUT2D eigenvalue weighted by molar-refractivity contribution is 0.168. The van der Waals surface area contributed by atoms with Crippen LogP contribution in [0.4, 0.5) is 0 Å². The Morgan fingerprint density at radius 2 is 2.00 bits per heavy atom. The molecular weight excluding hydrogens is 234 g/mol. The number of nitrogens with two attached hydrogens (primary N) is 1. The SMILES string of the molecule is CC1CCN(Cc2ccccc2)C(CCN)CN1C. The summed E-state index contributed by atoms with van der Waals surface area (Å²) in [6, 6.07) is 12.0. The molecule has 0 saturated carbocycles. The van der Waals surface area contributed by atoms with Crippen LogP contribution in [0.1, 0.15) is 25.3 Å². The summed E-state index contributed by atoms with van der Waals surface area (Å²) in [7, 11) is 2.24. The summed E-state index contributed by atoms with van der Waals surface area (Å²) in [6.45, 7) is 6.45. The van der Waals surface area contributed by atoms with Gasteiger partial charge >= 0.3 is 0 Å². The van der Waals surface area contributed by atoms with Gasteiger partial charge in [-0.15, -0.1) is 0 Å². The molecule has 19 heavy (non-hydrogen) atoms. The Balaban J connectivity index is 2.06. The Hall–Kier alpha value is -0.900. The van der Waals surface area contributed by atoms with Crippen molar-refractivity contribution in [3.8, 4) is 0 Å². The predicted molar refractivity (Wildman–Crippen MR) is 81.0 cm³/mol. The van der Waals surface area contributed by atoms with E-state index in [1.54, 1.807) is 0 Å². The van der Waals surface area contributed by atoms with Crippen LogP contribution in [-0.2, 0) is 6.54 Å². The van der Waals surface area contributed by atoms with E-state index in [1.807, 2.05) is 0 Å². The second-order valence-electron chi connectivity index (χ2n) is 5.76. The molecule has 1 aliphatic heterocycles. The highest BCUT2D eigenvalue weighted by Gasteiger charge is 2.25. The van der Waals surface area contributed by atoms with Gasteiger partial charge < -0.3 is 10.6 Å². The topological polar surface area (TPSA) is 32.5 Å². The molecule has 2 unspecified atom stereocenters. The van der Waals surface area contributed by atoms with Crippen molar-refractivity contribution in [2.45, 2.75) is 38.4 Å². The van der Waals surface area contributed by atoms with Crippen molar-refractivity contribution < 1.29 is 0 Å². The quantitative estimate of drug-likeness (QED) is 0.899. The number of nitrogens with zero attached hydrogens (tertiary/aromatic N) is 2. The molecule has 1 aromatic carbocycles. The van der Waals surface area contributed by atoms with Crippen LogP contribution >= 0.6 is 0 Å². The van der Waals surface area contributed by atoms with Gasteiger partial charge in [-0.2, -0.15) is 0 Å². The van der Waals surface area contributed by atoms with Gasteiger partial charge in [0.25, 0.3) is 0 Å². The highest BCUT2D eigenvalue weighted by Crippen LogP contribution is 2.18. The Labute approximate surface area is 117 Å². The lowest BCUT2D eigenvalue weighted by Crippen LogP contribution is -2.41. The van der Waals surface area contributed by atoms with E-state index < -0.39 is 0 Å². The molecule has 1 heterocycles. The molecule has 1 aliphatic rings. The van der Waals surface area contributed by atoms with Crippen LogP contribution in [-0.4, -0.2) is 48.6 Å². The molecule has 106 valence electrons. The van der Waals surface area contributed by atoms with E-state index in [1.165, 1.54) is 18.5 Å². The summed E-state index contributed by atoms with van der Waals surface area (Å²) in [4.78, 5) is 5.09. The third-order valence-electron chi connectivity index (χ3n) is 4.33. The van der Waals surface area contributed by atoms with Crippen molar-refractivity contribution in [3.63, 3.8) is 0 Å². The van der Waals surface area contributed by atoms with Gasteiger partial charge in [-0.3, -0.25) is 4.90 Å². The third-order valence-corrected chi connectivity index (χ3v) is 4.33. The molecule has 1 saturated heterocycles. The Morgan fingerprint density at radius 3 is 2.68 bits per heavy atom. The molecule has 0 aromatic heterocycles. The van der Waals surface area contributed by atoms with Gasteiger partial charge in [0.1, 0.15) is 0 Å². The fourth-order valence-electron chi connectivity index (χ4n) is 2.88. The van der Waals surface area contributed by atoms with Crippen molar-refractivity contribution in [1.29, 1.82) is 0 Å². The molecule has 2 atom stereocenters. The zero-order chi connectivity index (χ0) is 13.7.